The summed E-state index contributed by atoms with van der Waals surface area (Å²) in [4.78, 5) is 18.5. The van der Waals surface area contributed by atoms with Crippen LogP contribution in [0.15, 0.2) is 40.1 Å². The molecule has 1 fully saturated rings. The number of hydrogen-bond donors (Lipinski definition) is 1. The molecule has 0 radical (unpaired) electrons. The number of aromatic nitrogens is 1. The Balaban J connectivity index is 1.62. The third-order valence-corrected chi connectivity index (χ3v) is 6.71. The molecule has 1 spiro atoms. The molecule has 1 saturated heterocycles. The van der Waals surface area contributed by atoms with Gasteiger partial charge in [-0.1, -0.05) is 16.3 Å². The zero-order valence-corrected chi connectivity index (χ0v) is 15.0. The second-order valence-electron chi connectivity index (χ2n) is 6.33. The van der Waals surface area contributed by atoms with Gasteiger partial charge >= 0.3 is 0 Å². The number of piperidine rings is 1. The van der Waals surface area contributed by atoms with Crippen molar-refractivity contribution < 1.29 is 18.3 Å². The Morgan fingerprint density at radius 1 is 1.44 bits per heavy atom. The fourth-order valence-corrected chi connectivity index (χ4v) is 5.44. The van der Waals surface area contributed by atoms with E-state index in [1.807, 2.05) is 0 Å². The Morgan fingerprint density at radius 3 is 3.08 bits per heavy atom. The molecule has 3 heterocycles. The number of likely N-dealkylation sites (tertiary alicyclic amines) is 1. The minimum absolute atomic E-state index is 0.134. The minimum atomic E-state index is -3.72. The number of nitrogens with one attached hydrogen (secondary N) is 1. The zero-order valence-electron chi connectivity index (χ0n) is 13.3. The summed E-state index contributed by atoms with van der Waals surface area (Å²) in [5, 5.41) is 1.70. The van der Waals surface area contributed by atoms with E-state index in [0.29, 0.717) is 30.8 Å². The summed E-state index contributed by atoms with van der Waals surface area (Å²) in [5.74, 6) is 0.163. The minimum Gasteiger partial charge on any atom is -0.593 e. The highest BCUT2D eigenvalue weighted by Gasteiger charge is 2.47. The third-order valence-electron chi connectivity index (χ3n) is 4.51. The number of carbonyl (C=O) groups excluding carboxylic acids is 1. The number of rotatable bonds is 1. The van der Waals surface area contributed by atoms with Gasteiger partial charge in [0.25, 0.3) is 5.91 Å². The number of benzene rings is 1. The van der Waals surface area contributed by atoms with Crippen LogP contribution in [0.3, 0.4) is 0 Å². The monoisotopic (exact) mass is 379 g/mol. The van der Waals surface area contributed by atoms with E-state index in [1.165, 1.54) is 17.4 Å². The Kier molecular flexibility index (Phi) is 4.11. The van der Waals surface area contributed by atoms with Gasteiger partial charge in [-0.25, -0.2) is 4.98 Å². The summed E-state index contributed by atoms with van der Waals surface area (Å²) in [6.07, 6.45) is 1.30. The Bertz CT molecular complexity index is 842. The van der Waals surface area contributed by atoms with Crippen molar-refractivity contribution in [2.24, 2.45) is 0 Å². The van der Waals surface area contributed by atoms with E-state index < -0.39 is 15.9 Å². The van der Waals surface area contributed by atoms with Gasteiger partial charge < -0.3 is 14.2 Å². The first-order chi connectivity index (χ1) is 12.0. The van der Waals surface area contributed by atoms with Crippen LogP contribution in [0.4, 0.5) is 0 Å². The molecule has 25 heavy (non-hydrogen) atoms. The fourth-order valence-electron chi connectivity index (χ4n) is 3.36. The van der Waals surface area contributed by atoms with Crippen LogP contribution < -0.4 is 9.46 Å². The fraction of sp³-hybridized carbons (Fsp3) is 0.375. The van der Waals surface area contributed by atoms with Gasteiger partial charge in [0.1, 0.15) is 17.8 Å². The van der Waals surface area contributed by atoms with E-state index in [4.69, 9.17) is 4.74 Å². The van der Waals surface area contributed by atoms with Gasteiger partial charge in [0, 0.05) is 18.5 Å². The topological polar surface area (TPSA) is 94.6 Å². The van der Waals surface area contributed by atoms with Gasteiger partial charge in [0.2, 0.25) is 4.90 Å². The van der Waals surface area contributed by atoms with E-state index in [2.05, 4.69) is 9.71 Å². The van der Waals surface area contributed by atoms with Crippen molar-refractivity contribution in [3.8, 4) is 5.75 Å². The Morgan fingerprint density at radius 2 is 2.28 bits per heavy atom. The van der Waals surface area contributed by atoms with E-state index in [9.17, 15) is 13.6 Å². The van der Waals surface area contributed by atoms with E-state index in [-0.39, 0.29) is 24.0 Å². The molecule has 0 saturated carbocycles. The second-order valence-corrected chi connectivity index (χ2v) is 8.69. The third kappa shape index (κ3) is 3.08. The van der Waals surface area contributed by atoms with Gasteiger partial charge in [-0.15, -0.1) is 16.1 Å². The molecule has 1 amide bonds. The Labute approximate surface area is 150 Å². The van der Waals surface area contributed by atoms with Crippen molar-refractivity contribution in [3.63, 3.8) is 0 Å². The first-order valence-corrected chi connectivity index (χ1v) is 10.4. The molecule has 2 unspecified atom stereocenters. The number of fused-ring (bicyclic) bond motifs is 1. The number of carbonyl (C=O) groups is 1. The molecule has 2 aliphatic rings. The lowest BCUT2D eigenvalue weighted by Gasteiger charge is -2.41. The maximum Gasteiger partial charge on any atom is 0.273 e. The van der Waals surface area contributed by atoms with Gasteiger partial charge in [-0.05, 0) is 25.0 Å². The van der Waals surface area contributed by atoms with Crippen molar-refractivity contribution in [3.05, 3.63) is 40.8 Å². The number of amides is 1. The largest absolute Gasteiger partial charge is 0.593 e. The van der Waals surface area contributed by atoms with Crippen LogP contribution in [0.5, 0.6) is 5.75 Å². The number of sulfonamides is 1. The smallest absolute Gasteiger partial charge is 0.273 e. The lowest BCUT2D eigenvalue weighted by atomic mass is 9.90. The highest BCUT2D eigenvalue weighted by atomic mass is 32.3. The Hall–Kier alpha value is -1.81. The maximum atomic E-state index is 12.8. The van der Waals surface area contributed by atoms with Crippen LogP contribution in [0, 0.1) is 0 Å². The summed E-state index contributed by atoms with van der Waals surface area (Å²) in [7, 11) is -3.72. The van der Waals surface area contributed by atoms with E-state index in [0.717, 1.165) is 0 Å². The SMILES string of the molecule is O=C(c1cscn1)N1CCCC2(COc3ccccc3[S+](=O)([O-])N2)C1. The molecule has 7 nitrogen and oxygen atoms in total. The number of ether oxygens (including phenoxy) is 1. The lowest BCUT2D eigenvalue weighted by molar-refractivity contribution is 0.0547. The molecule has 132 valence electrons. The molecule has 9 heteroatoms. The first kappa shape index (κ1) is 16.6. The van der Waals surface area contributed by atoms with Crippen molar-refractivity contribution in [1.82, 2.24) is 14.6 Å². The van der Waals surface area contributed by atoms with Gasteiger partial charge in [0.15, 0.2) is 16.1 Å². The number of thiazole rings is 1. The quantitative estimate of drug-likeness (QED) is 0.761. The highest BCUT2D eigenvalue weighted by molar-refractivity contribution is 7.96. The summed E-state index contributed by atoms with van der Waals surface area (Å²) in [5.41, 5.74) is 1.17. The molecular formula is C16H17N3O4S2. The standard InChI is InChI=1S/C16H17N3O4S2/c20-15(12-8-24-11-17-12)19-7-3-6-16(9-19)10-23-13-4-1-2-5-14(13)25(21,22)18-16/h1-2,4-5,8,11H,3,6-7,9-10H2,(H-,18,21,22). The zero-order chi connectivity index (χ0) is 17.5. The summed E-state index contributed by atoms with van der Waals surface area (Å²) in [6.45, 7) is 1.02. The van der Waals surface area contributed by atoms with Gasteiger partial charge in [0.05, 0.1) is 5.51 Å². The van der Waals surface area contributed by atoms with Crippen molar-refractivity contribution >= 4 is 27.6 Å². The van der Waals surface area contributed by atoms with Crippen LogP contribution in [-0.4, -0.2) is 45.6 Å². The van der Waals surface area contributed by atoms with Gasteiger partial charge in [-0.2, -0.15) is 0 Å². The molecule has 1 aromatic carbocycles. The van der Waals surface area contributed by atoms with Crippen molar-refractivity contribution in [1.29, 1.82) is 0 Å². The maximum absolute atomic E-state index is 12.8. The predicted molar refractivity (Wildman–Crippen MR) is 92.2 cm³/mol. The van der Waals surface area contributed by atoms with Crippen molar-refractivity contribution in [2.75, 3.05) is 19.7 Å². The number of para-hydroxylation sites is 1. The molecule has 4 rings (SSSR count). The van der Waals surface area contributed by atoms with Crippen LogP contribution in [0.25, 0.3) is 0 Å². The summed E-state index contributed by atoms with van der Waals surface area (Å²) in [6, 6.07) is 6.58. The molecule has 2 aliphatic heterocycles. The number of nitrogens with zero attached hydrogens (tertiary/aromatic N) is 2. The molecule has 2 aromatic rings. The van der Waals surface area contributed by atoms with Gasteiger partial charge in [-0.3, -0.25) is 4.79 Å². The van der Waals surface area contributed by atoms with Crippen LogP contribution in [0.1, 0.15) is 23.3 Å². The van der Waals surface area contributed by atoms with Crippen LogP contribution in [-0.2, 0) is 14.6 Å². The normalized spacial score (nSPS) is 28.9. The molecule has 0 aliphatic carbocycles. The molecule has 2 atom stereocenters. The van der Waals surface area contributed by atoms with E-state index in [1.54, 1.807) is 34.0 Å². The summed E-state index contributed by atoms with van der Waals surface area (Å²) >= 11 is 1.36. The van der Waals surface area contributed by atoms with Crippen LogP contribution in [0.2, 0.25) is 0 Å². The molecule has 0 bridgehead atoms. The molecule has 1 N–H and O–H groups in total. The van der Waals surface area contributed by atoms with Crippen molar-refractivity contribution in [2.45, 2.75) is 23.3 Å². The average molecular weight is 379 g/mol. The first-order valence-electron chi connectivity index (χ1n) is 7.92. The van der Waals surface area contributed by atoms with E-state index >= 15 is 0 Å². The number of hydrogen-bond acceptors (Lipinski definition) is 6. The molecular weight excluding hydrogens is 362 g/mol. The average Bonchev–Trinajstić information content (AvgIpc) is 3.11. The highest BCUT2D eigenvalue weighted by Crippen LogP contribution is 2.35. The predicted octanol–water partition coefficient (Wildman–Crippen LogP) is 1.70. The van der Waals surface area contributed by atoms with Crippen LogP contribution >= 0.6 is 11.3 Å². The second kappa shape index (κ2) is 6.17. The summed E-state index contributed by atoms with van der Waals surface area (Å²) < 4.78 is 34.1. The molecule has 1 aromatic heterocycles. The lowest BCUT2D eigenvalue weighted by Crippen LogP contribution is -2.62.